The number of ketones is 1. The van der Waals surface area contributed by atoms with E-state index < -0.39 is 28.8 Å². The van der Waals surface area contributed by atoms with Crippen LogP contribution in [-0.4, -0.2) is 5.78 Å². The Hall–Kier alpha value is -1.33. The quantitative estimate of drug-likeness (QED) is 0.565. The van der Waals surface area contributed by atoms with E-state index in [4.69, 9.17) is 11.6 Å². The minimum Gasteiger partial charge on any atom is -0.288 e. The van der Waals surface area contributed by atoms with Gasteiger partial charge in [-0.15, -0.1) is 0 Å². The minimum atomic E-state index is -1.34. The zero-order chi connectivity index (χ0) is 14.2. The summed E-state index contributed by atoms with van der Waals surface area (Å²) in [6.07, 6.45) is 0. The molecule has 2 aromatic rings. The van der Waals surface area contributed by atoms with Gasteiger partial charge in [-0.25, -0.2) is 13.2 Å². The van der Waals surface area contributed by atoms with E-state index in [-0.39, 0.29) is 5.56 Å². The highest BCUT2D eigenvalue weighted by Crippen LogP contribution is 2.25. The normalized spacial score (nSPS) is 10.6. The van der Waals surface area contributed by atoms with Gasteiger partial charge in [0.05, 0.1) is 5.56 Å². The first-order chi connectivity index (χ1) is 8.90. The van der Waals surface area contributed by atoms with Gasteiger partial charge in [0.25, 0.3) is 0 Å². The SMILES string of the molecule is O=C(c1cc(F)c(F)cc1F)c1ccc(Cl)cc1Br. The van der Waals surface area contributed by atoms with Gasteiger partial charge in [0.15, 0.2) is 17.4 Å². The summed E-state index contributed by atoms with van der Waals surface area (Å²) in [5.74, 6) is -4.51. The van der Waals surface area contributed by atoms with Crippen LogP contribution in [0.4, 0.5) is 13.2 Å². The molecule has 6 heteroatoms. The second-order valence-corrected chi connectivity index (χ2v) is 4.99. The summed E-state index contributed by atoms with van der Waals surface area (Å²) in [4.78, 5) is 12.1. The molecule has 0 aliphatic heterocycles. The van der Waals surface area contributed by atoms with Gasteiger partial charge >= 0.3 is 0 Å². The molecule has 0 amide bonds. The lowest BCUT2D eigenvalue weighted by Crippen LogP contribution is -2.07. The summed E-state index contributed by atoms with van der Waals surface area (Å²) >= 11 is 8.83. The maximum atomic E-state index is 13.5. The third kappa shape index (κ3) is 2.82. The molecule has 0 saturated carbocycles. The van der Waals surface area contributed by atoms with E-state index in [2.05, 4.69) is 15.9 Å². The Balaban J connectivity index is 2.53. The Labute approximate surface area is 120 Å². The van der Waals surface area contributed by atoms with Crippen LogP contribution in [0.2, 0.25) is 5.02 Å². The van der Waals surface area contributed by atoms with E-state index in [1.165, 1.54) is 18.2 Å². The molecule has 0 unspecified atom stereocenters. The van der Waals surface area contributed by atoms with E-state index in [9.17, 15) is 18.0 Å². The zero-order valence-electron chi connectivity index (χ0n) is 9.18. The van der Waals surface area contributed by atoms with Crippen molar-refractivity contribution < 1.29 is 18.0 Å². The molecule has 0 N–H and O–H groups in total. The monoisotopic (exact) mass is 348 g/mol. The Morgan fingerprint density at radius 1 is 0.947 bits per heavy atom. The van der Waals surface area contributed by atoms with Crippen LogP contribution in [0.15, 0.2) is 34.8 Å². The van der Waals surface area contributed by atoms with E-state index in [1.807, 2.05) is 0 Å². The molecule has 98 valence electrons. The topological polar surface area (TPSA) is 17.1 Å². The van der Waals surface area contributed by atoms with Crippen LogP contribution in [0, 0.1) is 17.5 Å². The van der Waals surface area contributed by atoms with Gasteiger partial charge in [-0.2, -0.15) is 0 Å². The molecule has 0 spiro atoms. The molecule has 0 aliphatic rings. The van der Waals surface area contributed by atoms with Crippen molar-refractivity contribution in [3.63, 3.8) is 0 Å². The first-order valence-electron chi connectivity index (χ1n) is 5.04. The molecular formula is C13H5BrClF3O. The molecule has 2 aromatic carbocycles. The van der Waals surface area contributed by atoms with E-state index >= 15 is 0 Å². The molecule has 0 radical (unpaired) electrons. The molecule has 1 nitrogen and oxygen atoms in total. The first-order valence-corrected chi connectivity index (χ1v) is 6.21. The average Bonchev–Trinajstić information content (AvgIpc) is 2.33. The number of hydrogen-bond donors (Lipinski definition) is 0. The van der Waals surface area contributed by atoms with Crippen molar-refractivity contribution in [2.45, 2.75) is 0 Å². The van der Waals surface area contributed by atoms with Crippen molar-refractivity contribution >= 4 is 33.3 Å². The lowest BCUT2D eigenvalue weighted by molar-refractivity contribution is 0.103. The van der Waals surface area contributed by atoms with Gasteiger partial charge in [0, 0.05) is 21.1 Å². The standard InChI is InChI=1S/C13H5BrClF3O/c14-9-3-6(15)1-2-7(9)13(19)8-4-11(17)12(18)5-10(8)16/h1-5H. The van der Waals surface area contributed by atoms with Gasteiger partial charge in [-0.05, 0) is 40.2 Å². The number of hydrogen-bond acceptors (Lipinski definition) is 1. The highest BCUT2D eigenvalue weighted by atomic mass is 79.9. The van der Waals surface area contributed by atoms with Crippen LogP contribution in [0.25, 0.3) is 0 Å². The number of rotatable bonds is 2. The second-order valence-electron chi connectivity index (χ2n) is 3.70. The fourth-order valence-electron chi connectivity index (χ4n) is 1.52. The van der Waals surface area contributed by atoms with Crippen LogP contribution in [-0.2, 0) is 0 Å². The van der Waals surface area contributed by atoms with Crippen molar-refractivity contribution in [3.8, 4) is 0 Å². The van der Waals surface area contributed by atoms with Gasteiger partial charge in [-0.3, -0.25) is 4.79 Å². The molecule has 0 fully saturated rings. The van der Waals surface area contributed by atoms with Crippen molar-refractivity contribution in [2.75, 3.05) is 0 Å². The first kappa shape index (κ1) is 14.1. The predicted molar refractivity (Wildman–Crippen MR) is 68.9 cm³/mol. The molecular weight excluding hydrogens is 344 g/mol. The summed E-state index contributed by atoms with van der Waals surface area (Å²) in [5.41, 5.74) is -0.434. The number of carbonyl (C=O) groups is 1. The van der Waals surface area contributed by atoms with E-state index in [0.29, 0.717) is 21.6 Å². The molecule has 0 atom stereocenters. The van der Waals surface area contributed by atoms with E-state index in [1.54, 1.807) is 0 Å². The van der Waals surface area contributed by atoms with Gasteiger partial charge < -0.3 is 0 Å². The molecule has 0 aliphatic carbocycles. The van der Waals surface area contributed by atoms with Gasteiger partial charge in [0.1, 0.15) is 5.82 Å². The third-order valence-electron chi connectivity index (χ3n) is 2.43. The summed E-state index contributed by atoms with van der Waals surface area (Å²) in [7, 11) is 0. The maximum Gasteiger partial charge on any atom is 0.197 e. The van der Waals surface area contributed by atoms with Crippen LogP contribution in [0.3, 0.4) is 0 Å². The van der Waals surface area contributed by atoms with Crippen LogP contribution in [0.1, 0.15) is 15.9 Å². The predicted octanol–water partition coefficient (Wildman–Crippen LogP) is 4.75. The Morgan fingerprint density at radius 3 is 2.21 bits per heavy atom. The Kier molecular flexibility index (Phi) is 3.96. The molecule has 0 aromatic heterocycles. The van der Waals surface area contributed by atoms with Crippen molar-refractivity contribution in [2.24, 2.45) is 0 Å². The van der Waals surface area contributed by atoms with E-state index in [0.717, 1.165) is 0 Å². The number of carbonyl (C=O) groups excluding carboxylic acids is 1. The Morgan fingerprint density at radius 2 is 1.58 bits per heavy atom. The fourth-order valence-corrected chi connectivity index (χ4v) is 2.38. The lowest BCUT2D eigenvalue weighted by Gasteiger charge is -2.06. The molecule has 0 heterocycles. The smallest absolute Gasteiger partial charge is 0.197 e. The van der Waals surface area contributed by atoms with Crippen LogP contribution in [0.5, 0.6) is 0 Å². The molecule has 2 rings (SSSR count). The van der Waals surface area contributed by atoms with Crippen molar-refractivity contribution in [3.05, 3.63) is 68.4 Å². The minimum absolute atomic E-state index is 0.106. The third-order valence-corrected chi connectivity index (χ3v) is 3.32. The van der Waals surface area contributed by atoms with Crippen molar-refractivity contribution in [1.29, 1.82) is 0 Å². The largest absolute Gasteiger partial charge is 0.288 e. The van der Waals surface area contributed by atoms with Gasteiger partial charge in [-0.1, -0.05) is 11.6 Å². The molecule has 0 saturated heterocycles. The summed E-state index contributed by atoms with van der Waals surface area (Å²) in [6, 6.07) is 5.14. The number of benzene rings is 2. The van der Waals surface area contributed by atoms with Crippen LogP contribution < -0.4 is 0 Å². The summed E-state index contributed by atoms with van der Waals surface area (Å²) in [6.45, 7) is 0. The highest BCUT2D eigenvalue weighted by molar-refractivity contribution is 9.10. The maximum absolute atomic E-state index is 13.5. The molecule has 19 heavy (non-hydrogen) atoms. The summed E-state index contributed by atoms with van der Waals surface area (Å²) < 4.78 is 39.7. The molecule has 0 bridgehead atoms. The second kappa shape index (κ2) is 5.35. The van der Waals surface area contributed by atoms with Crippen molar-refractivity contribution in [1.82, 2.24) is 0 Å². The average molecular weight is 350 g/mol. The summed E-state index contributed by atoms with van der Waals surface area (Å²) in [5, 5.41) is 0.384. The zero-order valence-corrected chi connectivity index (χ0v) is 11.5. The van der Waals surface area contributed by atoms with Crippen LogP contribution >= 0.6 is 27.5 Å². The Bertz CT molecular complexity index is 673. The van der Waals surface area contributed by atoms with Gasteiger partial charge in [0.2, 0.25) is 0 Å². The highest BCUT2D eigenvalue weighted by Gasteiger charge is 2.19. The fraction of sp³-hybridized carbons (Fsp3) is 0. The lowest BCUT2D eigenvalue weighted by atomic mass is 10.0. The number of halogens is 5.